The maximum absolute atomic E-state index is 11.0. The van der Waals surface area contributed by atoms with E-state index in [2.05, 4.69) is 4.98 Å². The van der Waals surface area contributed by atoms with Crippen molar-refractivity contribution in [3.05, 3.63) is 29.6 Å². The van der Waals surface area contributed by atoms with Crippen LogP contribution in [-0.2, 0) is 4.79 Å². The standard InChI is InChI=1S/C12H15NO2/c1-7-4-5-8(6-13-7)9-10(11(14)15)12(9,2)3/h4-6,9-10H,1-3H3,(H,14,15)/t9-,10+/m0/s1. The van der Waals surface area contributed by atoms with Gasteiger partial charge in [-0.15, -0.1) is 0 Å². The SMILES string of the molecule is Cc1ccc([C@H]2[C@H](C(=O)O)C2(C)C)cn1. The van der Waals surface area contributed by atoms with Crippen LogP contribution in [0.2, 0.25) is 0 Å². The third-order valence-electron chi connectivity index (χ3n) is 3.39. The lowest BCUT2D eigenvalue weighted by Gasteiger charge is -2.02. The number of carboxylic acids is 1. The van der Waals surface area contributed by atoms with Crippen LogP contribution in [0.15, 0.2) is 18.3 Å². The average molecular weight is 205 g/mol. The smallest absolute Gasteiger partial charge is 0.307 e. The molecule has 1 saturated carbocycles. The van der Waals surface area contributed by atoms with E-state index in [0.29, 0.717) is 0 Å². The second-order valence-corrected chi connectivity index (χ2v) is 4.85. The largest absolute Gasteiger partial charge is 0.481 e. The lowest BCUT2D eigenvalue weighted by atomic mass is 10.0. The second-order valence-electron chi connectivity index (χ2n) is 4.85. The van der Waals surface area contributed by atoms with E-state index in [4.69, 9.17) is 5.11 Å². The van der Waals surface area contributed by atoms with Crippen molar-refractivity contribution < 1.29 is 9.90 Å². The molecule has 3 nitrogen and oxygen atoms in total. The molecule has 1 aromatic rings. The van der Waals surface area contributed by atoms with Crippen molar-refractivity contribution >= 4 is 5.97 Å². The van der Waals surface area contributed by atoms with Crippen molar-refractivity contribution in [1.29, 1.82) is 0 Å². The summed E-state index contributed by atoms with van der Waals surface area (Å²) in [6.45, 7) is 5.92. The molecule has 1 aliphatic carbocycles. The first-order valence-electron chi connectivity index (χ1n) is 5.10. The van der Waals surface area contributed by atoms with Crippen LogP contribution in [0.4, 0.5) is 0 Å². The van der Waals surface area contributed by atoms with E-state index in [1.165, 1.54) is 0 Å². The number of hydrogen-bond donors (Lipinski definition) is 1. The van der Waals surface area contributed by atoms with E-state index in [1.54, 1.807) is 6.20 Å². The van der Waals surface area contributed by atoms with E-state index < -0.39 is 5.97 Å². The van der Waals surface area contributed by atoms with Crippen LogP contribution in [0, 0.1) is 18.3 Å². The number of aryl methyl sites for hydroxylation is 1. The summed E-state index contributed by atoms with van der Waals surface area (Å²) in [5, 5.41) is 9.05. The first kappa shape index (κ1) is 10.1. The highest BCUT2D eigenvalue weighted by Gasteiger charge is 2.62. The first-order chi connectivity index (χ1) is 6.94. The summed E-state index contributed by atoms with van der Waals surface area (Å²) in [5.74, 6) is -0.851. The molecule has 0 amide bonds. The molecule has 1 fully saturated rings. The Morgan fingerprint density at radius 2 is 2.13 bits per heavy atom. The minimum absolute atomic E-state index is 0.114. The van der Waals surface area contributed by atoms with E-state index >= 15 is 0 Å². The van der Waals surface area contributed by atoms with Crippen LogP contribution in [0.5, 0.6) is 0 Å². The lowest BCUT2D eigenvalue weighted by Crippen LogP contribution is -2.03. The summed E-state index contributed by atoms with van der Waals surface area (Å²) in [6, 6.07) is 3.92. The number of aliphatic carboxylic acids is 1. The Morgan fingerprint density at radius 1 is 1.47 bits per heavy atom. The maximum Gasteiger partial charge on any atom is 0.307 e. The summed E-state index contributed by atoms with van der Waals surface area (Å²) in [5.41, 5.74) is 1.87. The highest BCUT2D eigenvalue weighted by atomic mass is 16.4. The van der Waals surface area contributed by atoms with Gasteiger partial charge in [0.15, 0.2) is 0 Å². The van der Waals surface area contributed by atoms with Gasteiger partial charge in [0.25, 0.3) is 0 Å². The van der Waals surface area contributed by atoms with Crippen molar-refractivity contribution in [1.82, 2.24) is 4.98 Å². The average Bonchev–Trinajstić information content (AvgIpc) is 2.70. The Kier molecular flexibility index (Phi) is 2.07. The Labute approximate surface area is 89.2 Å². The van der Waals surface area contributed by atoms with E-state index in [9.17, 15) is 4.79 Å². The molecule has 1 heterocycles. The van der Waals surface area contributed by atoms with Crippen LogP contribution in [0.3, 0.4) is 0 Å². The van der Waals surface area contributed by atoms with Crippen molar-refractivity contribution in [3.63, 3.8) is 0 Å². The molecule has 0 bridgehead atoms. The van der Waals surface area contributed by atoms with Crippen LogP contribution in [-0.4, -0.2) is 16.1 Å². The summed E-state index contributed by atoms with van der Waals surface area (Å²) in [7, 11) is 0. The van der Waals surface area contributed by atoms with Crippen molar-refractivity contribution in [2.24, 2.45) is 11.3 Å². The molecule has 0 spiro atoms. The fourth-order valence-corrected chi connectivity index (χ4v) is 2.38. The molecular formula is C12H15NO2. The van der Waals surface area contributed by atoms with Crippen LogP contribution < -0.4 is 0 Å². The van der Waals surface area contributed by atoms with Gasteiger partial charge in [-0.2, -0.15) is 0 Å². The monoisotopic (exact) mass is 205 g/mol. The molecule has 2 atom stereocenters. The zero-order valence-electron chi connectivity index (χ0n) is 9.19. The highest BCUT2D eigenvalue weighted by Crippen LogP contribution is 2.64. The molecule has 1 N–H and O–H groups in total. The van der Waals surface area contributed by atoms with Crippen molar-refractivity contribution in [2.45, 2.75) is 26.7 Å². The summed E-state index contributed by atoms with van der Waals surface area (Å²) < 4.78 is 0. The van der Waals surface area contributed by atoms with Gasteiger partial charge < -0.3 is 5.11 Å². The molecular weight excluding hydrogens is 190 g/mol. The fraction of sp³-hybridized carbons (Fsp3) is 0.500. The second kappa shape index (κ2) is 3.05. The fourth-order valence-electron chi connectivity index (χ4n) is 2.38. The molecule has 80 valence electrons. The van der Waals surface area contributed by atoms with Gasteiger partial charge in [-0.1, -0.05) is 19.9 Å². The first-order valence-corrected chi connectivity index (χ1v) is 5.10. The van der Waals surface area contributed by atoms with Gasteiger partial charge in [0.05, 0.1) is 5.92 Å². The molecule has 0 aliphatic heterocycles. The highest BCUT2D eigenvalue weighted by molar-refractivity contribution is 5.77. The third-order valence-corrected chi connectivity index (χ3v) is 3.39. The minimum atomic E-state index is -0.703. The molecule has 3 heteroatoms. The quantitative estimate of drug-likeness (QED) is 0.805. The lowest BCUT2D eigenvalue weighted by molar-refractivity contribution is -0.139. The third kappa shape index (κ3) is 1.52. The molecule has 15 heavy (non-hydrogen) atoms. The molecule has 0 aromatic carbocycles. The number of aromatic nitrogens is 1. The normalized spacial score (nSPS) is 27.4. The summed E-state index contributed by atoms with van der Waals surface area (Å²) in [4.78, 5) is 15.2. The number of carboxylic acid groups (broad SMARTS) is 1. The maximum atomic E-state index is 11.0. The Balaban J connectivity index is 2.27. The molecule has 2 rings (SSSR count). The number of rotatable bonds is 2. The zero-order chi connectivity index (χ0) is 11.2. The van der Waals surface area contributed by atoms with Gasteiger partial charge in [-0.25, -0.2) is 0 Å². The topological polar surface area (TPSA) is 50.2 Å². The van der Waals surface area contributed by atoms with Gasteiger partial charge in [-0.05, 0) is 24.0 Å². The zero-order valence-corrected chi connectivity index (χ0v) is 9.19. The Bertz CT molecular complexity index is 395. The van der Waals surface area contributed by atoms with Crippen LogP contribution in [0.25, 0.3) is 0 Å². The van der Waals surface area contributed by atoms with Gasteiger partial charge in [0.2, 0.25) is 0 Å². The Hall–Kier alpha value is -1.38. The van der Waals surface area contributed by atoms with E-state index in [-0.39, 0.29) is 17.3 Å². The molecule has 1 aliphatic rings. The number of hydrogen-bond acceptors (Lipinski definition) is 2. The van der Waals surface area contributed by atoms with Crippen LogP contribution in [0.1, 0.15) is 31.0 Å². The Morgan fingerprint density at radius 3 is 2.53 bits per heavy atom. The number of pyridine rings is 1. The van der Waals surface area contributed by atoms with Crippen LogP contribution >= 0.6 is 0 Å². The number of carbonyl (C=O) groups is 1. The van der Waals surface area contributed by atoms with Gasteiger partial charge in [-0.3, -0.25) is 9.78 Å². The number of nitrogens with zero attached hydrogens (tertiary/aromatic N) is 1. The summed E-state index contributed by atoms with van der Waals surface area (Å²) in [6.07, 6.45) is 1.80. The van der Waals surface area contributed by atoms with Gasteiger partial charge >= 0.3 is 5.97 Å². The van der Waals surface area contributed by atoms with E-state index in [1.807, 2.05) is 32.9 Å². The molecule has 0 unspecified atom stereocenters. The van der Waals surface area contributed by atoms with Gasteiger partial charge in [0.1, 0.15) is 0 Å². The van der Waals surface area contributed by atoms with Crippen molar-refractivity contribution in [2.75, 3.05) is 0 Å². The molecule has 0 saturated heterocycles. The summed E-state index contributed by atoms with van der Waals surface area (Å²) >= 11 is 0. The van der Waals surface area contributed by atoms with E-state index in [0.717, 1.165) is 11.3 Å². The predicted molar refractivity (Wildman–Crippen MR) is 56.6 cm³/mol. The van der Waals surface area contributed by atoms with Gasteiger partial charge in [0, 0.05) is 17.8 Å². The van der Waals surface area contributed by atoms with Crippen molar-refractivity contribution in [3.8, 4) is 0 Å². The molecule has 0 radical (unpaired) electrons. The minimum Gasteiger partial charge on any atom is -0.481 e. The predicted octanol–water partition coefficient (Wildman–Crippen LogP) is 2.21. The molecule has 1 aromatic heterocycles.